The summed E-state index contributed by atoms with van der Waals surface area (Å²) in [7, 11) is 4.61. The molecule has 26 heavy (non-hydrogen) atoms. The van der Waals surface area contributed by atoms with Gasteiger partial charge in [-0.25, -0.2) is 0 Å². The molecule has 0 aliphatic carbocycles. The summed E-state index contributed by atoms with van der Waals surface area (Å²) in [6.07, 6.45) is 0. The largest absolute Gasteiger partial charge is 0.497 e. The van der Waals surface area contributed by atoms with E-state index >= 15 is 0 Å². The molecule has 0 aliphatic heterocycles. The number of ether oxygens (including phenoxy) is 2. The van der Waals surface area contributed by atoms with Gasteiger partial charge in [-0.15, -0.1) is 0 Å². The van der Waals surface area contributed by atoms with Gasteiger partial charge in [-0.2, -0.15) is 0 Å². The fourth-order valence-corrected chi connectivity index (χ4v) is 3.17. The van der Waals surface area contributed by atoms with Crippen LogP contribution < -0.4 is 15.0 Å². The van der Waals surface area contributed by atoms with Crippen LogP contribution in [0.15, 0.2) is 41.2 Å². The normalized spacial score (nSPS) is 10.8. The maximum Gasteiger partial charge on any atom is 0.281 e. The number of benzene rings is 2. The first-order chi connectivity index (χ1) is 12.4. The number of hydrogen-bond donors (Lipinski definition) is 0. The van der Waals surface area contributed by atoms with Crippen molar-refractivity contribution in [1.29, 1.82) is 0 Å². The van der Waals surface area contributed by atoms with Gasteiger partial charge in [-0.3, -0.25) is 14.9 Å². The van der Waals surface area contributed by atoms with Crippen molar-refractivity contribution in [3.8, 4) is 22.6 Å². The molecule has 2 aromatic carbocycles. The van der Waals surface area contributed by atoms with E-state index in [-0.39, 0.29) is 17.0 Å². The molecule has 0 radical (unpaired) electrons. The Hall–Kier alpha value is -3.35. The number of nitro groups is 1. The van der Waals surface area contributed by atoms with E-state index in [1.807, 2.05) is 0 Å². The monoisotopic (exact) mass is 354 g/mol. The smallest absolute Gasteiger partial charge is 0.281 e. The predicted molar refractivity (Wildman–Crippen MR) is 99.1 cm³/mol. The van der Waals surface area contributed by atoms with Crippen LogP contribution in [-0.4, -0.2) is 23.7 Å². The molecule has 0 atom stereocenters. The molecule has 134 valence electrons. The number of methoxy groups -OCH3 is 2. The third kappa shape index (κ3) is 2.67. The molecule has 1 heterocycles. The molecule has 7 nitrogen and oxygen atoms in total. The summed E-state index contributed by atoms with van der Waals surface area (Å²) in [5, 5.41) is 12.4. The van der Waals surface area contributed by atoms with Gasteiger partial charge in [0.25, 0.3) is 11.2 Å². The topological polar surface area (TPSA) is 83.6 Å². The van der Waals surface area contributed by atoms with E-state index in [2.05, 4.69) is 0 Å². The van der Waals surface area contributed by atoms with E-state index in [0.717, 1.165) is 0 Å². The Morgan fingerprint density at radius 2 is 1.73 bits per heavy atom. The van der Waals surface area contributed by atoms with E-state index in [1.54, 1.807) is 45.3 Å². The highest BCUT2D eigenvalue weighted by molar-refractivity contribution is 6.04. The molecule has 0 saturated heterocycles. The minimum Gasteiger partial charge on any atom is -0.497 e. The third-order valence-corrected chi connectivity index (χ3v) is 4.44. The van der Waals surface area contributed by atoms with Gasteiger partial charge in [0.05, 0.1) is 36.3 Å². The van der Waals surface area contributed by atoms with Gasteiger partial charge in [0.2, 0.25) is 0 Å². The molecule has 0 bridgehead atoms. The van der Waals surface area contributed by atoms with Crippen molar-refractivity contribution in [2.75, 3.05) is 14.2 Å². The summed E-state index contributed by atoms with van der Waals surface area (Å²) >= 11 is 0. The lowest BCUT2D eigenvalue weighted by Crippen LogP contribution is -2.17. The average Bonchev–Trinajstić information content (AvgIpc) is 2.64. The van der Waals surface area contributed by atoms with Gasteiger partial charge in [0, 0.05) is 18.5 Å². The molecular formula is C19H18N2O5. The highest BCUT2D eigenvalue weighted by Gasteiger charge is 2.25. The van der Waals surface area contributed by atoms with Gasteiger partial charge in [-0.05, 0) is 30.2 Å². The molecule has 3 rings (SSSR count). The van der Waals surface area contributed by atoms with Crippen molar-refractivity contribution >= 4 is 16.6 Å². The summed E-state index contributed by atoms with van der Waals surface area (Å²) in [6, 6.07) is 9.84. The molecule has 7 heteroatoms. The Morgan fingerprint density at radius 1 is 1.08 bits per heavy atom. The van der Waals surface area contributed by atoms with Crippen LogP contribution in [0.5, 0.6) is 11.5 Å². The van der Waals surface area contributed by atoms with Crippen LogP contribution in [-0.2, 0) is 7.05 Å². The molecule has 0 saturated carbocycles. The number of rotatable bonds is 4. The SMILES string of the molecule is COc1ccc(-c2c([N+](=O)[O-])cc(OC)c3c2c(C)cc(=O)n3C)cc1. The van der Waals surface area contributed by atoms with Gasteiger partial charge in [-0.1, -0.05) is 12.1 Å². The van der Waals surface area contributed by atoms with Crippen LogP contribution in [0, 0.1) is 17.0 Å². The van der Waals surface area contributed by atoms with Crippen molar-refractivity contribution in [1.82, 2.24) is 4.57 Å². The zero-order valence-corrected chi connectivity index (χ0v) is 14.9. The molecule has 0 unspecified atom stereocenters. The summed E-state index contributed by atoms with van der Waals surface area (Å²) < 4.78 is 12.0. The third-order valence-electron chi connectivity index (χ3n) is 4.44. The summed E-state index contributed by atoms with van der Waals surface area (Å²) in [4.78, 5) is 23.5. The molecule has 1 aromatic heterocycles. The van der Waals surface area contributed by atoms with Gasteiger partial charge in [0.15, 0.2) is 0 Å². The fraction of sp³-hybridized carbons (Fsp3) is 0.211. The molecule has 3 aromatic rings. The van der Waals surface area contributed by atoms with Crippen molar-refractivity contribution in [3.63, 3.8) is 0 Å². The number of nitro benzene ring substituents is 1. The maximum atomic E-state index is 12.2. The number of hydrogen-bond acceptors (Lipinski definition) is 5. The van der Waals surface area contributed by atoms with Crippen LogP contribution in [0.25, 0.3) is 22.0 Å². The minimum absolute atomic E-state index is 0.0822. The van der Waals surface area contributed by atoms with Crippen LogP contribution in [0.1, 0.15) is 5.56 Å². The molecule has 0 N–H and O–H groups in total. The summed E-state index contributed by atoms with van der Waals surface area (Å²) in [6.45, 7) is 1.76. The second-order valence-corrected chi connectivity index (χ2v) is 5.91. The standard InChI is InChI=1S/C19H18N2O5/c1-11-9-16(22)20(2)19-15(26-4)10-14(21(23)24)18(17(11)19)12-5-7-13(25-3)8-6-12/h5-10H,1-4H3. The first-order valence-corrected chi connectivity index (χ1v) is 7.89. The Balaban J connectivity index is 2.53. The van der Waals surface area contributed by atoms with Gasteiger partial charge < -0.3 is 14.0 Å². The zero-order valence-electron chi connectivity index (χ0n) is 14.9. The van der Waals surface area contributed by atoms with E-state index in [1.165, 1.54) is 23.8 Å². The van der Waals surface area contributed by atoms with E-state index in [4.69, 9.17) is 9.47 Å². The predicted octanol–water partition coefficient (Wildman–Crippen LogP) is 3.44. The molecule has 0 spiro atoms. The Kier molecular flexibility index (Phi) is 4.38. The van der Waals surface area contributed by atoms with Crippen molar-refractivity contribution < 1.29 is 14.4 Å². The Bertz CT molecular complexity index is 1070. The van der Waals surface area contributed by atoms with Gasteiger partial charge in [0.1, 0.15) is 11.5 Å². The molecular weight excluding hydrogens is 336 g/mol. The van der Waals surface area contributed by atoms with Crippen LogP contribution in [0.4, 0.5) is 5.69 Å². The lowest BCUT2D eigenvalue weighted by molar-refractivity contribution is -0.384. The number of aryl methyl sites for hydroxylation is 2. The van der Waals surface area contributed by atoms with E-state index in [9.17, 15) is 14.9 Å². The maximum absolute atomic E-state index is 12.2. The number of aromatic nitrogens is 1. The highest BCUT2D eigenvalue weighted by Crippen LogP contribution is 2.42. The van der Waals surface area contributed by atoms with Gasteiger partial charge >= 0.3 is 0 Å². The summed E-state index contributed by atoms with van der Waals surface area (Å²) in [5.41, 5.74) is 1.99. The second kappa shape index (κ2) is 6.51. The number of fused-ring (bicyclic) bond motifs is 1. The zero-order chi connectivity index (χ0) is 19.0. The van der Waals surface area contributed by atoms with Crippen LogP contribution >= 0.6 is 0 Å². The van der Waals surface area contributed by atoms with Crippen LogP contribution in [0.2, 0.25) is 0 Å². The molecule has 0 amide bonds. The minimum atomic E-state index is -0.438. The first kappa shape index (κ1) is 17.5. The van der Waals surface area contributed by atoms with Crippen molar-refractivity contribution in [2.24, 2.45) is 7.05 Å². The Morgan fingerprint density at radius 3 is 2.27 bits per heavy atom. The number of pyridine rings is 1. The van der Waals surface area contributed by atoms with E-state index in [0.29, 0.717) is 33.3 Å². The van der Waals surface area contributed by atoms with Crippen molar-refractivity contribution in [3.05, 3.63) is 62.4 Å². The first-order valence-electron chi connectivity index (χ1n) is 7.89. The van der Waals surface area contributed by atoms with Crippen LogP contribution in [0.3, 0.4) is 0 Å². The Labute approximate surface area is 149 Å². The fourth-order valence-electron chi connectivity index (χ4n) is 3.17. The van der Waals surface area contributed by atoms with E-state index < -0.39 is 4.92 Å². The highest BCUT2D eigenvalue weighted by atomic mass is 16.6. The lowest BCUT2D eigenvalue weighted by atomic mass is 9.95. The second-order valence-electron chi connectivity index (χ2n) is 5.91. The molecule has 0 aliphatic rings. The average molecular weight is 354 g/mol. The quantitative estimate of drug-likeness (QED) is 0.529. The molecule has 0 fully saturated rings. The number of nitrogens with zero attached hydrogens (tertiary/aromatic N) is 2. The van der Waals surface area contributed by atoms with Crippen molar-refractivity contribution in [2.45, 2.75) is 6.92 Å². The summed E-state index contributed by atoms with van der Waals surface area (Å²) in [5.74, 6) is 0.936. The lowest BCUT2D eigenvalue weighted by Gasteiger charge is -2.16.